The van der Waals surface area contributed by atoms with E-state index in [9.17, 15) is 9.90 Å². The van der Waals surface area contributed by atoms with E-state index < -0.39 is 5.97 Å². The summed E-state index contributed by atoms with van der Waals surface area (Å²) < 4.78 is 5.08. The zero-order valence-electron chi connectivity index (χ0n) is 11.3. The van der Waals surface area contributed by atoms with E-state index in [1.54, 1.807) is 12.1 Å². The van der Waals surface area contributed by atoms with Crippen LogP contribution in [0, 0.1) is 0 Å². The third kappa shape index (κ3) is 3.77. The van der Waals surface area contributed by atoms with Gasteiger partial charge in [0.2, 0.25) is 0 Å². The van der Waals surface area contributed by atoms with Gasteiger partial charge in [0.15, 0.2) is 11.5 Å². The molecule has 0 heterocycles. The number of hydrogen-bond acceptors (Lipinski definition) is 4. The Hall–Kier alpha value is -1.46. The van der Waals surface area contributed by atoms with E-state index in [4.69, 9.17) is 21.4 Å². The maximum Gasteiger partial charge on any atom is 0.304 e. The first kappa shape index (κ1) is 14.9. The number of phenolic OH excluding ortho intramolecular Hbond substituents is 1. The number of methoxy groups -OCH3 is 1. The number of carbonyl (C=O) groups is 1. The Labute approximate surface area is 122 Å². The molecule has 1 aliphatic rings. The number of nitrogens with zero attached hydrogens (tertiary/aromatic N) is 1. The summed E-state index contributed by atoms with van der Waals surface area (Å²) in [5.41, 5.74) is 0.659. The molecular weight excluding hydrogens is 282 g/mol. The zero-order chi connectivity index (χ0) is 14.7. The summed E-state index contributed by atoms with van der Waals surface area (Å²) in [7, 11) is 1.47. The molecule has 1 aromatic rings. The van der Waals surface area contributed by atoms with Crippen molar-refractivity contribution in [3.8, 4) is 11.5 Å². The van der Waals surface area contributed by atoms with Crippen LogP contribution >= 0.6 is 11.6 Å². The van der Waals surface area contributed by atoms with E-state index >= 15 is 0 Å². The second-order valence-electron chi connectivity index (χ2n) is 4.96. The molecule has 0 radical (unpaired) electrons. The standard InChI is InChI=1S/C14H18ClNO4/c1-20-12-7-10(15)6-9(14(12)19)8-16(11-2-3-11)5-4-13(17)18/h6-7,11,19H,2-5,8H2,1H3,(H,17,18). The quantitative estimate of drug-likeness (QED) is 0.809. The lowest BCUT2D eigenvalue weighted by Crippen LogP contribution is -2.28. The molecule has 2 N–H and O–H groups in total. The molecule has 2 rings (SSSR count). The van der Waals surface area contributed by atoms with Crippen LogP contribution in [0.15, 0.2) is 12.1 Å². The van der Waals surface area contributed by atoms with Gasteiger partial charge in [-0.2, -0.15) is 0 Å². The van der Waals surface area contributed by atoms with Crippen LogP contribution < -0.4 is 4.74 Å². The minimum absolute atomic E-state index is 0.0675. The van der Waals surface area contributed by atoms with Crippen LogP contribution in [-0.2, 0) is 11.3 Å². The normalized spacial score (nSPS) is 14.6. The highest BCUT2D eigenvalue weighted by atomic mass is 35.5. The Bertz CT molecular complexity index is 502. The van der Waals surface area contributed by atoms with Crippen LogP contribution in [0.4, 0.5) is 0 Å². The highest BCUT2D eigenvalue weighted by Gasteiger charge is 2.30. The predicted molar refractivity (Wildman–Crippen MR) is 75.4 cm³/mol. The highest BCUT2D eigenvalue weighted by Crippen LogP contribution is 2.36. The second-order valence-corrected chi connectivity index (χ2v) is 5.40. The van der Waals surface area contributed by atoms with Crippen molar-refractivity contribution < 1.29 is 19.7 Å². The molecule has 110 valence electrons. The van der Waals surface area contributed by atoms with Gasteiger partial charge in [-0.3, -0.25) is 9.69 Å². The fraction of sp³-hybridized carbons (Fsp3) is 0.500. The maximum atomic E-state index is 10.7. The minimum Gasteiger partial charge on any atom is -0.504 e. The lowest BCUT2D eigenvalue weighted by molar-refractivity contribution is -0.137. The largest absolute Gasteiger partial charge is 0.504 e. The van der Waals surface area contributed by atoms with Gasteiger partial charge in [0.1, 0.15) is 0 Å². The molecule has 0 amide bonds. The predicted octanol–water partition coefficient (Wildman–Crippen LogP) is 2.49. The van der Waals surface area contributed by atoms with Crippen molar-refractivity contribution in [3.63, 3.8) is 0 Å². The molecule has 1 aromatic carbocycles. The van der Waals surface area contributed by atoms with Crippen LogP contribution in [0.1, 0.15) is 24.8 Å². The SMILES string of the molecule is COc1cc(Cl)cc(CN(CCC(=O)O)C2CC2)c1O. The fourth-order valence-corrected chi connectivity index (χ4v) is 2.42. The number of halogens is 1. The number of aromatic hydroxyl groups is 1. The van der Waals surface area contributed by atoms with E-state index in [1.165, 1.54) is 7.11 Å². The van der Waals surface area contributed by atoms with Gasteiger partial charge in [-0.15, -0.1) is 0 Å². The van der Waals surface area contributed by atoms with Gasteiger partial charge in [-0.25, -0.2) is 0 Å². The molecule has 1 aliphatic carbocycles. The van der Waals surface area contributed by atoms with E-state index in [0.29, 0.717) is 35.5 Å². The van der Waals surface area contributed by atoms with Crippen LogP contribution in [0.25, 0.3) is 0 Å². The number of aliphatic carboxylic acids is 1. The van der Waals surface area contributed by atoms with Gasteiger partial charge < -0.3 is 14.9 Å². The monoisotopic (exact) mass is 299 g/mol. The lowest BCUT2D eigenvalue weighted by Gasteiger charge is -2.22. The second kappa shape index (κ2) is 6.33. The molecule has 1 fully saturated rings. The van der Waals surface area contributed by atoms with Crippen molar-refractivity contribution >= 4 is 17.6 Å². The molecular formula is C14H18ClNO4. The first-order valence-corrected chi connectivity index (χ1v) is 6.90. The summed E-state index contributed by atoms with van der Waals surface area (Å²) in [6.45, 7) is 0.939. The topological polar surface area (TPSA) is 70.0 Å². The van der Waals surface area contributed by atoms with Gasteiger partial charge in [0.25, 0.3) is 0 Å². The molecule has 0 spiro atoms. The van der Waals surface area contributed by atoms with Crippen molar-refractivity contribution in [2.24, 2.45) is 0 Å². The summed E-state index contributed by atoms with van der Waals surface area (Å²) in [5.74, 6) is -0.414. The average Bonchev–Trinajstić information content (AvgIpc) is 3.22. The van der Waals surface area contributed by atoms with Gasteiger partial charge in [-0.1, -0.05) is 11.6 Å². The van der Waals surface area contributed by atoms with Crippen molar-refractivity contribution in [2.45, 2.75) is 31.8 Å². The number of benzene rings is 1. The summed E-state index contributed by atoms with van der Waals surface area (Å²) in [6.07, 6.45) is 2.23. The van der Waals surface area contributed by atoms with Gasteiger partial charge in [-0.05, 0) is 18.9 Å². The molecule has 0 saturated heterocycles. The summed E-state index contributed by atoms with van der Waals surface area (Å²) in [6, 6.07) is 3.65. The van der Waals surface area contributed by atoms with Crippen molar-refractivity contribution in [3.05, 3.63) is 22.7 Å². The third-order valence-electron chi connectivity index (χ3n) is 3.39. The van der Waals surface area contributed by atoms with Crippen molar-refractivity contribution in [1.82, 2.24) is 4.90 Å². The number of phenols is 1. The molecule has 0 aromatic heterocycles. The minimum atomic E-state index is -0.816. The summed E-state index contributed by atoms with van der Waals surface area (Å²) >= 11 is 6.00. The van der Waals surface area contributed by atoms with Crippen LogP contribution in [-0.4, -0.2) is 40.8 Å². The Morgan fingerprint density at radius 2 is 2.20 bits per heavy atom. The molecule has 0 atom stereocenters. The molecule has 1 saturated carbocycles. The van der Waals surface area contributed by atoms with E-state index in [1.807, 2.05) is 0 Å². The Morgan fingerprint density at radius 1 is 1.50 bits per heavy atom. The molecule has 20 heavy (non-hydrogen) atoms. The first-order chi connectivity index (χ1) is 9.51. The third-order valence-corrected chi connectivity index (χ3v) is 3.61. The van der Waals surface area contributed by atoms with Gasteiger partial charge in [0, 0.05) is 35.8 Å². The molecule has 0 aliphatic heterocycles. The maximum absolute atomic E-state index is 10.7. The smallest absolute Gasteiger partial charge is 0.304 e. The molecule has 6 heteroatoms. The molecule has 5 nitrogen and oxygen atoms in total. The van der Waals surface area contributed by atoms with Crippen molar-refractivity contribution in [1.29, 1.82) is 0 Å². The zero-order valence-corrected chi connectivity index (χ0v) is 12.1. The Kier molecular flexibility index (Phi) is 4.73. The van der Waals surface area contributed by atoms with Gasteiger partial charge in [0.05, 0.1) is 13.5 Å². The Morgan fingerprint density at radius 3 is 2.75 bits per heavy atom. The Balaban J connectivity index is 2.13. The fourth-order valence-electron chi connectivity index (χ4n) is 2.19. The van der Waals surface area contributed by atoms with Crippen LogP contribution in [0.5, 0.6) is 11.5 Å². The van der Waals surface area contributed by atoms with Crippen molar-refractivity contribution in [2.75, 3.05) is 13.7 Å². The number of rotatable bonds is 7. The van der Waals surface area contributed by atoms with Gasteiger partial charge >= 0.3 is 5.97 Å². The van der Waals surface area contributed by atoms with Crippen LogP contribution in [0.3, 0.4) is 0 Å². The first-order valence-electron chi connectivity index (χ1n) is 6.52. The van der Waals surface area contributed by atoms with Crippen LogP contribution in [0.2, 0.25) is 5.02 Å². The summed E-state index contributed by atoms with van der Waals surface area (Å²) in [4.78, 5) is 12.8. The highest BCUT2D eigenvalue weighted by molar-refractivity contribution is 6.30. The van der Waals surface area contributed by atoms with E-state index in [0.717, 1.165) is 12.8 Å². The number of carboxylic acid groups (broad SMARTS) is 1. The lowest BCUT2D eigenvalue weighted by atomic mass is 10.1. The molecule has 0 unspecified atom stereocenters. The van der Waals surface area contributed by atoms with E-state index in [-0.39, 0.29) is 12.2 Å². The van der Waals surface area contributed by atoms with E-state index in [2.05, 4.69) is 4.90 Å². The molecule has 0 bridgehead atoms. The number of carboxylic acids is 1. The summed E-state index contributed by atoms with van der Waals surface area (Å²) in [5, 5.41) is 19.4. The number of hydrogen-bond donors (Lipinski definition) is 2. The average molecular weight is 300 g/mol. The number of ether oxygens (including phenoxy) is 1.